The molecule has 7 heteroatoms. The fourth-order valence-corrected chi connectivity index (χ4v) is 5.03. The predicted octanol–water partition coefficient (Wildman–Crippen LogP) is 7.40. The van der Waals surface area contributed by atoms with Gasteiger partial charge in [-0.05, 0) is 76.0 Å². The summed E-state index contributed by atoms with van der Waals surface area (Å²) in [6.07, 6.45) is 1.85. The van der Waals surface area contributed by atoms with Crippen LogP contribution in [-0.4, -0.2) is 10.2 Å². The monoisotopic (exact) mass is 529 g/mol. The van der Waals surface area contributed by atoms with Gasteiger partial charge in [-0.3, -0.25) is 9.69 Å². The highest BCUT2D eigenvalue weighted by Gasteiger charge is 2.33. The number of hydrogen-bond acceptors (Lipinski definition) is 4. The molecule has 3 nitrogen and oxygen atoms in total. The summed E-state index contributed by atoms with van der Waals surface area (Å²) < 4.78 is 7.25. The van der Waals surface area contributed by atoms with Crippen LogP contribution in [-0.2, 0) is 11.4 Å². The Kier molecular flexibility index (Phi) is 6.82. The van der Waals surface area contributed by atoms with Gasteiger partial charge in [-0.15, -0.1) is 0 Å². The van der Waals surface area contributed by atoms with Gasteiger partial charge in [-0.2, -0.15) is 0 Å². The number of thioether (sulfide) groups is 1. The van der Waals surface area contributed by atoms with E-state index >= 15 is 0 Å². The Morgan fingerprint density at radius 2 is 1.87 bits per heavy atom. The summed E-state index contributed by atoms with van der Waals surface area (Å²) in [5.74, 6) is 0.614. The van der Waals surface area contributed by atoms with E-state index in [1.807, 2.05) is 79.7 Å². The zero-order chi connectivity index (χ0) is 22.0. The number of hydrogen-bond donors (Lipinski definition) is 0. The topological polar surface area (TPSA) is 29.5 Å². The number of ether oxygens (including phenoxy) is 1. The molecule has 3 aromatic carbocycles. The van der Waals surface area contributed by atoms with Gasteiger partial charge < -0.3 is 4.74 Å². The van der Waals surface area contributed by atoms with Crippen LogP contribution < -0.4 is 9.64 Å². The average molecular weight is 531 g/mol. The van der Waals surface area contributed by atoms with Gasteiger partial charge in [0.05, 0.1) is 15.1 Å². The van der Waals surface area contributed by atoms with Gasteiger partial charge >= 0.3 is 0 Å². The van der Waals surface area contributed by atoms with E-state index in [2.05, 4.69) is 15.9 Å². The molecule has 4 rings (SSSR count). The first kappa shape index (κ1) is 22.1. The number of rotatable bonds is 5. The Labute approximate surface area is 204 Å². The molecule has 1 heterocycles. The van der Waals surface area contributed by atoms with Crippen molar-refractivity contribution in [2.24, 2.45) is 0 Å². The molecule has 31 heavy (non-hydrogen) atoms. The molecule has 0 N–H and O–H groups in total. The number of aryl methyl sites for hydroxylation is 1. The number of anilines is 1. The minimum atomic E-state index is -0.108. The van der Waals surface area contributed by atoms with Gasteiger partial charge in [-0.25, -0.2) is 0 Å². The zero-order valence-electron chi connectivity index (χ0n) is 16.5. The molecule has 1 aliphatic heterocycles. The van der Waals surface area contributed by atoms with Crippen molar-refractivity contribution in [2.75, 3.05) is 4.90 Å². The predicted molar refractivity (Wildman–Crippen MR) is 137 cm³/mol. The lowest BCUT2D eigenvalue weighted by Crippen LogP contribution is -2.28. The van der Waals surface area contributed by atoms with Crippen molar-refractivity contribution >= 4 is 73.5 Å². The van der Waals surface area contributed by atoms with Crippen molar-refractivity contribution in [3.05, 3.63) is 97.8 Å². The summed E-state index contributed by atoms with van der Waals surface area (Å²) in [7, 11) is 0. The van der Waals surface area contributed by atoms with Crippen LogP contribution in [0.15, 0.2) is 76.1 Å². The molecule has 0 radical (unpaired) electrons. The summed E-state index contributed by atoms with van der Waals surface area (Å²) in [5.41, 5.74) is 3.74. The van der Waals surface area contributed by atoms with Crippen LogP contribution in [0.5, 0.6) is 5.75 Å². The summed E-state index contributed by atoms with van der Waals surface area (Å²) in [6, 6.07) is 21.0. The lowest BCUT2D eigenvalue weighted by molar-refractivity contribution is -0.113. The molecule has 0 bridgehead atoms. The second-order valence-electron chi connectivity index (χ2n) is 6.91. The SMILES string of the molecule is Cc1ccccc1N1C(=O)/C(=C\c2ccc(OCc3ccc(Cl)cc3)c(Br)c2)SC1=S. The van der Waals surface area contributed by atoms with E-state index in [9.17, 15) is 4.79 Å². The molecule has 156 valence electrons. The molecule has 3 aromatic rings. The van der Waals surface area contributed by atoms with E-state index in [-0.39, 0.29) is 5.91 Å². The first-order valence-corrected chi connectivity index (χ1v) is 11.8. The molecule has 1 aliphatic rings. The number of nitrogens with zero attached hydrogens (tertiary/aromatic N) is 1. The van der Waals surface area contributed by atoms with Crippen LogP contribution in [0.3, 0.4) is 0 Å². The maximum Gasteiger partial charge on any atom is 0.270 e. The Bertz CT molecular complexity index is 1190. The highest BCUT2D eigenvalue weighted by molar-refractivity contribution is 9.10. The number of thiocarbonyl (C=S) groups is 1. The standard InChI is InChI=1S/C24H17BrClNO2S2/c1-15-4-2-3-5-20(15)27-23(28)22(31-24(27)30)13-17-8-11-21(19(25)12-17)29-14-16-6-9-18(26)10-7-16/h2-13H,14H2,1H3/b22-13+. The van der Waals surface area contributed by atoms with Gasteiger partial charge in [0.2, 0.25) is 0 Å². The number of carbonyl (C=O) groups is 1. The average Bonchev–Trinajstić information content (AvgIpc) is 3.02. The van der Waals surface area contributed by atoms with Crippen molar-refractivity contribution in [1.82, 2.24) is 0 Å². The van der Waals surface area contributed by atoms with Crippen LogP contribution in [0.25, 0.3) is 6.08 Å². The van der Waals surface area contributed by atoms with Crippen molar-refractivity contribution in [3.8, 4) is 5.75 Å². The molecule has 0 atom stereocenters. The van der Waals surface area contributed by atoms with Crippen LogP contribution in [0, 0.1) is 6.92 Å². The number of benzene rings is 3. The molecule has 1 saturated heterocycles. The van der Waals surface area contributed by atoms with Gasteiger partial charge in [0.1, 0.15) is 12.4 Å². The van der Waals surface area contributed by atoms with Crippen LogP contribution in [0.1, 0.15) is 16.7 Å². The number of carbonyl (C=O) groups excluding carboxylic acids is 1. The summed E-state index contributed by atoms with van der Waals surface area (Å²) in [5, 5.41) is 0.696. The van der Waals surface area contributed by atoms with Gasteiger partial charge in [-0.1, -0.05) is 72.0 Å². The third kappa shape index (κ3) is 5.04. The first-order valence-electron chi connectivity index (χ1n) is 9.43. The van der Waals surface area contributed by atoms with Gasteiger partial charge in [0, 0.05) is 5.02 Å². The lowest BCUT2D eigenvalue weighted by atomic mass is 10.1. The Hall–Kier alpha value is -2.12. The minimum Gasteiger partial charge on any atom is -0.488 e. The van der Waals surface area contributed by atoms with E-state index in [0.29, 0.717) is 20.9 Å². The van der Waals surface area contributed by atoms with Gasteiger partial charge in [0.15, 0.2) is 4.32 Å². The molecule has 0 aliphatic carbocycles. The van der Waals surface area contributed by atoms with Crippen molar-refractivity contribution in [2.45, 2.75) is 13.5 Å². The van der Waals surface area contributed by atoms with E-state index in [1.165, 1.54) is 11.8 Å². The van der Waals surface area contributed by atoms with E-state index < -0.39 is 0 Å². The Balaban J connectivity index is 1.50. The maximum atomic E-state index is 13.0. The van der Waals surface area contributed by atoms with Crippen LogP contribution in [0.4, 0.5) is 5.69 Å². The smallest absolute Gasteiger partial charge is 0.270 e. The number of halogens is 2. The molecule has 0 unspecified atom stereocenters. The van der Waals surface area contributed by atoms with Crippen molar-refractivity contribution in [3.63, 3.8) is 0 Å². The fraction of sp³-hybridized carbons (Fsp3) is 0.0833. The molecular weight excluding hydrogens is 514 g/mol. The molecule has 1 amide bonds. The van der Waals surface area contributed by atoms with Crippen LogP contribution in [0.2, 0.25) is 5.02 Å². The fourth-order valence-electron chi connectivity index (χ4n) is 3.11. The summed E-state index contributed by atoms with van der Waals surface area (Å²) >= 11 is 16.3. The largest absolute Gasteiger partial charge is 0.488 e. The third-order valence-corrected chi connectivity index (χ3v) is 6.89. The van der Waals surface area contributed by atoms with Crippen LogP contribution >= 0.6 is 51.5 Å². The lowest BCUT2D eigenvalue weighted by Gasteiger charge is -2.16. The molecular formula is C24H17BrClNO2S2. The highest BCUT2D eigenvalue weighted by atomic mass is 79.9. The van der Waals surface area contributed by atoms with E-state index in [0.717, 1.165) is 32.6 Å². The molecule has 0 saturated carbocycles. The second-order valence-corrected chi connectivity index (χ2v) is 9.88. The Morgan fingerprint density at radius 3 is 2.58 bits per heavy atom. The Morgan fingerprint density at radius 1 is 1.13 bits per heavy atom. The highest BCUT2D eigenvalue weighted by Crippen LogP contribution is 2.38. The van der Waals surface area contributed by atoms with Crippen molar-refractivity contribution in [1.29, 1.82) is 0 Å². The number of para-hydroxylation sites is 1. The van der Waals surface area contributed by atoms with E-state index in [1.54, 1.807) is 4.90 Å². The summed E-state index contributed by atoms with van der Waals surface area (Å²) in [4.78, 5) is 15.2. The number of amides is 1. The van der Waals surface area contributed by atoms with Gasteiger partial charge in [0.25, 0.3) is 5.91 Å². The summed E-state index contributed by atoms with van der Waals surface area (Å²) in [6.45, 7) is 2.40. The quantitative estimate of drug-likeness (QED) is 0.254. The van der Waals surface area contributed by atoms with E-state index in [4.69, 9.17) is 28.6 Å². The zero-order valence-corrected chi connectivity index (χ0v) is 20.4. The maximum absolute atomic E-state index is 13.0. The molecule has 0 aromatic heterocycles. The molecule has 0 spiro atoms. The normalized spacial score (nSPS) is 15.1. The second kappa shape index (κ2) is 9.57. The first-order chi connectivity index (χ1) is 14.9. The minimum absolute atomic E-state index is 0.108. The van der Waals surface area contributed by atoms with Crippen molar-refractivity contribution < 1.29 is 9.53 Å². The third-order valence-electron chi connectivity index (χ3n) is 4.71. The molecule has 1 fully saturated rings.